The highest BCUT2D eigenvalue weighted by Crippen LogP contribution is 2.23. The molecule has 5 nitrogen and oxygen atoms in total. The van der Waals surface area contributed by atoms with E-state index in [1.807, 2.05) is 19.2 Å². The number of rotatable bonds is 3. The highest BCUT2D eigenvalue weighted by molar-refractivity contribution is 7.14. The molecule has 0 radical (unpaired) electrons. The molecule has 3 N–H and O–H groups in total. The summed E-state index contributed by atoms with van der Waals surface area (Å²) in [4.78, 5) is 20.2. The maximum atomic E-state index is 12.0. The molecule has 0 aliphatic carbocycles. The van der Waals surface area contributed by atoms with Crippen molar-refractivity contribution in [3.05, 3.63) is 34.1 Å². The van der Waals surface area contributed by atoms with E-state index in [9.17, 15) is 4.79 Å². The van der Waals surface area contributed by atoms with Gasteiger partial charge in [0.25, 0.3) is 5.91 Å². The maximum Gasteiger partial charge on any atom is 0.260 e. The quantitative estimate of drug-likeness (QED) is 0.853. The molecular weight excluding hydrogens is 284 g/mol. The number of hydrogen-bond donors (Lipinski definition) is 2. The fourth-order valence-electron chi connectivity index (χ4n) is 1.40. The lowest BCUT2D eigenvalue weighted by Crippen LogP contribution is -2.13. The molecule has 2 aromatic heterocycles. The minimum Gasteiger partial charge on any atom is -0.397 e. The molecule has 0 aromatic carbocycles. The average molecular weight is 297 g/mol. The number of amides is 1. The van der Waals surface area contributed by atoms with Crippen LogP contribution in [0.5, 0.6) is 0 Å². The summed E-state index contributed by atoms with van der Waals surface area (Å²) in [5.41, 5.74) is 7.15. The lowest BCUT2D eigenvalue weighted by Gasteiger charge is -2.04. The van der Waals surface area contributed by atoms with E-state index in [-0.39, 0.29) is 16.6 Å². The van der Waals surface area contributed by atoms with E-state index in [2.05, 4.69) is 15.3 Å². The summed E-state index contributed by atoms with van der Waals surface area (Å²) in [6.45, 7) is 4.08. The van der Waals surface area contributed by atoms with Crippen molar-refractivity contribution in [2.45, 2.75) is 19.8 Å². The van der Waals surface area contributed by atoms with Crippen LogP contribution in [0.1, 0.15) is 35.8 Å². The van der Waals surface area contributed by atoms with Gasteiger partial charge in [0.15, 0.2) is 5.13 Å². The molecule has 100 valence electrons. The molecular formula is C12H13ClN4OS. The Hall–Kier alpha value is -1.66. The van der Waals surface area contributed by atoms with Crippen LogP contribution in [0.2, 0.25) is 5.15 Å². The summed E-state index contributed by atoms with van der Waals surface area (Å²) < 4.78 is 0. The van der Waals surface area contributed by atoms with Gasteiger partial charge >= 0.3 is 0 Å². The molecule has 2 rings (SSSR count). The van der Waals surface area contributed by atoms with Crippen molar-refractivity contribution in [1.82, 2.24) is 9.97 Å². The molecule has 1 amide bonds. The number of carbonyl (C=O) groups excluding carboxylic acids is 1. The van der Waals surface area contributed by atoms with E-state index in [4.69, 9.17) is 17.3 Å². The van der Waals surface area contributed by atoms with Crippen molar-refractivity contribution in [2.75, 3.05) is 11.1 Å². The molecule has 0 spiro atoms. The van der Waals surface area contributed by atoms with Gasteiger partial charge in [0.1, 0.15) is 5.15 Å². The minimum absolute atomic E-state index is 0.118. The van der Waals surface area contributed by atoms with Gasteiger partial charge in [-0.2, -0.15) is 0 Å². The molecule has 0 fully saturated rings. The van der Waals surface area contributed by atoms with Crippen molar-refractivity contribution in [2.24, 2.45) is 0 Å². The second-order valence-electron chi connectivity index (χ2n) is 4.29. The zero-order valence-corrected chi connectivity index (χ0v) is 12.0. The monoisotopic (exact) mass is 296 g/mol. The summed E-state index contributed by atoms with van der Waals surface area (Å²) in [6.07, 6.45) is 1.40. The lowest BCUT2D eigenvalue weighted by atomic mass is 10.2. The van der Waals surface area contributed by atoms with Gasteiger partial charge < -0.3 is 5.73 Å². The van der Waals surface area contributed by atoms with Crippen LogP contribution in [-0.2, 0) is 0 Å². The number of nitrogens with two attached hydrogens (primary N) is 1. The molecule has 0 bridgehead atoms. The van der Waals surface area contributed by atoms with Crippen molar-refractivity contribution in [1.29, 1.82) is 0 Å². The predicted octanol–water partition coefficient (Wildman–Crippen LogP) is 3.15. The molecule has 7 heteroatoms. The standard InChI is InChI=1S/C12H13ClN4OS/c1-6(2)9-5-19-12(16-9)17-11(18)8-3-7(14)4-15-10(8)13/h3-6H,14H2,1-2H3,(H,16,17,18). The number of carbonyl (C=O) groups is 1. The normalized spacial score (nSPS) is 10.7. The van der Waals surface area contributed by atoms with Crippen molar-refractivity contribution < 1.29 is 4.79 Å². The first kappa shape index (κ1) is 13.8. The van der Waals surface area contributed by atoms with Gasteiger partial charge in [0.05, 0.1) is 23.1 Å². The number of nitrogen functional groups attached to an aromatic ring is 1. The average Bonchev–Trinajstić information content (AvgIpc) is 2.80. The van der Waals surface area contributed by atoms with Gasteiger partial charge in [-0.15, -0.1) is 11.3 Å². The maximum absolute atomic E-state index is 12.0. The van der Waals surface area contributed by atoms with Crippen molar-refractivity contribution >= 4 is 39.7 Å². The van der Waals surface area contributed by atoms with E-state index in [0.29, 0.717) is 16.7 Å². The summed E-state index contributed by atoms with van der Waals surface area (Å²) in [7, 11) is 0. The van der Waals surface area contributed by atoms with Crippen LogP contribution in [0.15, 0.2) is 17.6 Å². The Morgan fingerprint density at radius 2 is 2.26 bits per heavy atom. The van der Waals surface area contributed by atoms with Crippen LogP contribution in [0.4, 0.5) is 10.8 Å². The number of hydrogen-bond acceptors (Lipinski definition) is 5. The van der Waals surface area contributed by atoms with E-state index in [0.717, 1.165) is 5.69 Å². The molecule has 0 unspecified atom stereocenters. The Kier molecular flexibility index (Phi) is 4.01. The highest BCUT2D eigenvalue weighted by Gasteiger charge is 2.14. The van der Waals surface area contributed by atoms with Gasteiger partial charge in [-0.1, -0.05) is 25.4 Å². The first-order valence-corrected chi connectivity index (χ1v) is 6.91. The van der Waals surface area contributed by atoms with E-state index < -0.39 is 0 Å². The topological polar surface area (TPSA) is 80.9 Å². The number of anilines is 2. The zero-order valence-electron chi connectivity index (χ0n) is 10.5. The van der Waals surface area contributed by atoms with E-state index in [1.54, 1.807) is 0 Å². The van der Waals surface area contributed by atoms with Crippen molar-refractivity contribution in [3.63, 3.8) is 0 Å². The zero-order chi connectivity index (χ0) is 14.0. The Morgan fingerprint density at radius 1 is 1.53 bits per heavy atom. The molecule has 19 heavy (non-hydrogen) atoms. The first-order chi connectivity index (χ1) is 8.97. The molecule has 0 aliphatic rings. The molecule has 0 saturated carbocycles. The Balaban J connectivity index is 2.18. The van der Waals surface area contributed by atoms with Crippen molar-refractivity contribution in [3.8, 4) is 0 Å². The number of pyridine rings is 1. The van der Waals surface area contributed by atoms with Crippen LogP contribution in [0.3, 0.4) is 0 Å². The smallest absolute Gasteiger partial charge is 0.260 e. The number of aromatic nitrogens is 2. The van der Waals surface area contributed by atoms with Crippen LogP contribution < -0.4 is 11.1 Å². The third-order valence-electron chi connectivity index (χ3n) is 2.44. The molecule has 0 aliphatic heterocycles. The third-order valence-corrected chi connectivity index (χ3v) is 3.52. The largest absolute Gasteiger partial charge is 0.397 e. The van der Waals surface area contributed by atoms with Crippen LogP contribution in [-0.4, -0.2) is 15.9 Å². The Bertz CT molecular complexity index is 612. The number of nitrogens with zero attached hydrogens (tertiary/aromatic N) is 2. The number of halogens is 1. The minimum atomic E-state index is -0.366. The molecule has 0 atom stereocenters. The van der Waals surface area contributed by atoms with Gasteiger partial charge in [0, 0.05) is 5.38 Å². The van der Waals surface area contributed by atoms with E-state index >= 15 is 0 Å². The number of thiazole rings is 1. The highest BCUT2D eigenvalue weighted by atomic mass is 35.5. The second kappa shape index (κ2) is 5.54. The van der Waals surface area contributed by atoms with Gasteiger partial charge in [-0.05, 0) is 12.0 Å². The molecule has 2 aromatic rings. The summed E-state index contributed by atoms with van der Waals surface area (Å²) in [5, 5.41) is 5.26. The van der Waals surface area contributed by atoms with Gasteiger partial charge in [-0.25, -0.2) is 9.97 Å². The van der Waals surface area contributed by atoms with Gasteiger partial charge in [0.2, 0.25) is 0 Å². The summed E-state index contributed by atoms with van der Waals surface area (Å²) in [5.74, 6) is -0.0472. The van der Waals surface area contributed by atoms with Gasteiger partial charge in [-0.3, -0.25) is 10.1 Å². The molecule has 0 saturated heterocycles. The fraction of sp³-hybridized carbons (Fsp3) is 0.250. The van der Waals surface area contributed by atoms with Crippen LogP contribution in [0.25, 0.3) is 0 Å². The summed E-state index contributed by atoms with van der Waals surface area (Å²) in [6, 6.07) is 1.49. The number of nitrogens with one attached hydrogen (secondary N) is 1. The van der Waals surface area contributed by atoms with Crippen LogP contribution >= 0.6 is 22.9 Å². The molecule has 2 heterocycles. The Morgan fingerprint density at radius 3 is 2.89 bits per heavy atom. The van der Waals surface area contributed by atoms with Crippen LogP contribution in [0, 0.1) is 0 Å². The Labute approximate surface area is 119 Å². The third kappa shape index (κ3) is 3.21. The fourth-order valence-corrected chi connectivity index (χ4v) is 2.45. The summed E-state index contributed by atoms with van der Waals surface area (Å²) >= 11 is 7.24. The second-order valence-corrected chi connectivity index (χ2v) is 5.51. The van der Waals surface area contributed by atoms with E-state index in [1.165, 1.54) is 23.6 Å². The predicted molar refractivity (Wildman–Crippen MR) is 77.8 cm³/mol. The lowest BCUT2D eigenvalue weighted by molar-refractivity contribution is 0.102. The first-order valence-electron chi connectivity index (χ1n) is 5.65. The SMILES string of the molecule is CC(C)c1csc(NC(=O)c2cc(N)cnc2Cl)n1.